The van der Waals surface area contributed by atoms with E-state index in [1.807, 2.05) is 20.8 Å². The first kappa shape index (κ1) is 22.2. The molecule has 0 radical (unpaired) electrons. The molecule has 2 saturated carbocycles. The zero-order chi connectivity index (χ0) is 33.8. The zero-order valence-electron chi connectivity index (χ0n) is 29.3. The van der Waals surface area contributed by atoms with E-state index in [1.165, 1.54) is 0 Å². The van der Waals surface area contributed by atoms with Crippen molar-refractivity contribution in [1.82, 2.24) is 20.9 Å². The van der Waals surface area contributed by atoms with Crippen molar-refractivity contribution in [1.29, 1.82) is 0 Å². The summed E-state index contributed by atoms with van der Waals surface area (Å²) in [6.07, 6.45) is 2.78. The molecule has 3 fully saturated rings. The molecule has 0 aromatic heterocycles. The van der Waals surface area contributed by atoms with E-state index in [1.54, 1.807) is 20.8 Å². The van der Waals surface area contributed by atoms with Crippen LogP contribution in [0.15, 0.2) is 0 Å². The number of piperidine rings is 1. The van der Waals surface area contributed by atoms with Gasteiger partial charge in [-0.15, -0.1) is 0 Å². The van der Waals surface area contributed by atoms with Crippen LogP contribution in [-0.2, 0) is 19.2 Å². The van der Waals surface area contributed by atoms with Crippen LogP contribution in [0.25, 0.3) is 0 Å². The SMILES string of the molecule is [2H]C([2H])([2H])C1(C([2H])([2H])[2H])[C@@H]2[C@@H](C(=O)NC(CC3CCC3)C(=O)C(N)=O)N(C(=O)[C@H](CC(C)(C)C)NC(=O)NC(C)(C)C)C[C@@H]21. The first-order valence-electron chi connectivity index (χ1n) is 16.3. The first-order valence-corrected chi connectivity index (χ1v) is 13.3. The minimum absolute atomic E-state index is 0.0594. The molecule has 5 N–H and O–H groups in total. The summed E-state index contributed by atoms with van der Waals surface area (Å²) in [6, 6.07) is -4.65. The molecule has 1 heterocycles. The second-order valence-electron chi connectivity index (χ2n) is 13.4. The van der Waals surface area contributed by atoms with Gasteiger partial charge in [0.2, 0.25) is 17.6 Å². The average Bonchev–Trinajstić information content (AvgIpc) is 3.31. The molecule has 10 nitrogen and oxygen atoms in total. The molecule has 0 spiro atoms. The summed E-state index contributed by atoms with van der Waals surface area (Å²) in [5.41, 5.74) is 1.90. The molecule has 0 bridgehead atoms. The van der Waals surface area contributed by atoms with Crippen molar-refractivity contribution >= 4 is 29.5 Å². The number of hydrogen-bond donors (Lipinski definition) is 4. The molecule has 214 valence electrons. The van der Waals surface area contributed by atoms with E-state index < -0.39 is 89.6 Å². The number of ketones is 1. The normalized spacial score (nSPS) is 28.9. The first-order chi connectivity index (χ1) is 19.8. The third-order valence-corrected chi connectivity index (χ3v) is 7.63. The third kappa shape index (κ3) is 6.86. The van der Waals surface area contributed by atoms with Gasteiger partial charge < -0.3 is 26.6 Å². The number of nitrogens with zero attached hydrogens (tertiary/aromatic N) is 1. The molecule has 0 aromatic carbocycles. The van der Waals surface area contributed by atoms with Gasteiger partial charge >= 0.3 is 6.03 Å². The fourth-order valence-corrected chi connectivity index (χ4v) is 5.54. The number of carbonyl (C=O) groups is 5. The Bertz CT molecular complexity index is 1160. The standard InChI is InChI=1S/C28H47N5O5/c1-26(2,3)13-18(31-25(38)32-27(4,5)6)24(37)33-14-16-19(28(16,7)8)20(33)23(36)30-17(21(34)22(29)35)12-15-10-9-11-15/h15-20H,9-14H2,1-8H3,(H2,29,35)(H,30,36)(H2,31,32,38)/t16-,17?,18-,19-,20-/m0/s1/i7D3,8D3. The Morgan fingerprint density at radius 3 is 2.13 bits per heavy atom. The van der Waals surface area contributed by atoms with Crippen LogP contribution in [0.3, 0.4) is 0 Å². The number of nitrogens with one attached hydrogen (secondary N) is 3. The number of urea groups is 1. The van der Waals surface area contributed by atoms with Crippen LogP contribution in [0.4, 0.5) is 4.79 Å². The molecule has 38 heavy (non-hydrogen) atoms. The van der Waals surface area contributed by atoms with E-state index in [2.05, 4.69) is 16.0 Å². The van der Waals surface area contributed by atoms with Crippen molar-refractivity contribution in [3.63, 3.8) is 0 Å². The van der Waals surface area contributed by atoms with E-state index in [-0.39, 0.29) is 25.3 Å². The molecular weight excluding hydrogens is 486 g/mol. The lowest BCUT2D eigenvalue weighted by Crippen LogP contribution is -2.60. The molecule has 3 rings (SSSR count). The van der Waals surface area contributed by atoms with Crippen LogP contribution in [-0.4, -0.2) is 64.6 Å². The fourth-order valence-electron chi connectivity index (χ4n) is 5.54. The van der Waals surface area contributed by atoms with E-state index in [4.69, 9.17) is 14.0 Å². The fraction of sp³-hybridized carbons (Fsp3) is 0.821. The van der Waals surface area contributed by atoms with Gasteiger partial charge in [0, 0.05) is 20.3 Å². The van der Waals surface area contributed by atoms with Crippen molar-refractivity contribution in [3.05, 3.63) is 0 Å². The highest BCUT2D eigenvalue weighted by Crippen LogP contribution is 2.65. The monoisotopic (exact) mass is 539 g/mol. The lowest BCUT2D eigenvalue weighted by Gasteiger charge is -2.36. The molecule has 1 unspecified atom stereocenters. The van der Waals surface area contributed by atoms with Crippen molar-refractivity contribution in [3.8, 4) is 0 Å². The topological polar surface area (TPSA) is 151 Å². The number of rotatable bonds is 9. The molecular formula is C28H47N5O5. The molecule has 5 atom stereocenters. The summed E-state index contributed by atoms with van der Waals surface area (Å²) < 4.78 is 49.1. The van der Waals surface area contributed by atoms with E-state index in [9.17, 15) is 24.0 Å². The van der Waals surface area contributed by atoms with Gasteiger partial charge in [0.05, 0.1) is 6.04 Å². The van der Waals surface area contributed by atoms with Gasteiger partial charge in [-0.25, -0.2) is 4.79 Å². The Balaban J connectivity index is 2.02. The molecule has 10 heteroatoms. The highest BCUT2D eigenvalue weighted by atomic mass is 16.2. The Labute approximate surface area is 235 Å². The predicted molar refractivity (Wildman–Crippen MR) is 144 cm³/mol. The molecule has 0 aromatic rings. The molecule has 5 amide bonds. The molecule has 1 saturated heterocycles. The van der Waals surface area contributed by atoms with Crippen LogP contribution in [0.2, 0.25) is 0 Å². The Hall–Kier alpha value is -2.65. The smallest absolute Gasteiger partial charge is 0.315 e. The van der Waals surface area contributed by atoms with Gasteiger partial charge in [0.15, 0.2) is 0 Å². The molecule has 3 aliphatic rings. The third-order valence-electron chi connectivity index (χ3n) is 7.63. The summed E-state index contributed by atoms with van der Waals surface area (Å²) in [5, 5.41) is 7.95. The zero-order valence-corrected chi connectivity index (χ0v) is 23.3. The maximum atomic E-state index is 14.2. The van der Waals surface area contributed by atoms with Crippen molar-refractivity contribution in [2.24, 2.45) is 34.3 Å². The summed E-state index contributed by atoms with van der Waals surface area (Å²) in [6.45, 7) is 4.52. The maximum Gasteiger partial charge on any atom is 0.315 e. The Morgan fingerprint density at radius 2 is 1.66 bits per heavy atom. The average molecular weight is 540 g/mol. The number of carbonyl (C=O) groups excluding carboxylic acids is 5. The van der Waals surface area contributed by atoms with Gasteiger partial charge in [0.25, 0.3) is 5.91 Å². The van der Waals surface area contributed by atoms with E-state index >= 15 is 0 Å². The van der Waals surface area contributed by atoms with Crippen molar-refractivity contribution < 1.29 is 32.2 Å². The Morgan fingerprint density at radius 1 is 1.03 bits per heavy atom. The summed E-state index contributed by atoms with van der Waals surface area (Å²) in [4.78, 5) is 66.7. The number of fused-ring (bicyclic) bond motifs is 1. The molecule has 1 aliphatic heterocycles. The minimum Gasteiger partial charge on any atom is -0.363 e. The lowest BCUT2D eigenvalue weighted by molar-refractivity contribution is -0.144. The second kappa shape index (κ2) is 10.5. The quantitative estimate of drug-likeness (QED) is 0.331. The van der Waals surface area contributed by atoms with Crippen LogP contribution in [0.5, 0.6) is 0 Å². The largest absolute Gasteiger partial charge is 0.363 e. The highest BCUT2D eigenvalue weighted by molar-refractivity contribution is 6.37. The Kier molecular flexibility index (Phi) is 6.13. The van der Waals surface area contributed by atoms with Gasteiger partial charge in [0.1, 0.15) is 12.1 Å². The van der Waals surface area contributed by atoms with Crippen molar-refractivity contribution in [2.45, 2.75) is 111 Å². The van der Waals surface area contributed by atoms with E-state index in [0.29, 0.717) is 0 Å². The summed E-state index contributed by atoms with van der Waals surface area (Å²) in [7, 11) is 0. The van der Waals surface area contributed by atoms with Crippen molar-refractivity contribution in [2.75, 3.05) is 6.54 Å². The van der Waals surface area contributed by atoms with Crippen LogP contribution in [0, 0.1) is 28.6 Å². The maximum absolute atomic E-state index is 14.2. The van der Waals surface area contributed by atoms with Crippen LogP contribution < -0.4 is 21.7 Å². The number of hydrogen-bond acceptors (Lipinski definition) is 5. The van der Waals surface area contributed by atoms with Crippen LogP contribution in [0.1, 0.15) is 95.6 Å². The highest BCUT2D eigenvalue weighted by Gasteiger charge is 2.69. The number of primary amides is 1. The predicted octanol–water partition coefficient (Wildman–Crippen LogP) is 2.10. The minimum atomic E-state index is -2.99. The lowest BCUT2D eigenvalue weighted by atomic mass is 9.80. The van der Waals surface area contributed by atoms with Gasteiger partial charge in [-0.05, 0) is 62.2 Å². The van der Waals surface area contributed by atoms with E-state index in [0.717, 1.165) is 24.2 Å². The van der Waals surface area contributed by atoms with Gasteiger partial charge in [-0.2, -0.15) is 0 Å². The number of amides is 5. The van der Waals surface area contributed by atoms with Gasteiger partial charge in [-0.3, -0.25) is 19.2 Å². The number of likely N-dealkylation sites (tertiary alicyclic amines) is 1. The summed E-state index contributed by atoms with van der Waals surface area (Å²) in [5.74, 6) is -6.19. The van der Waals surface area contributed by atoms with Crippen LogP contribution >= 0.6 is 0 Å². The van der Waals surface area contributed by atoms with Gasteiger partial charge in [-0.1, -0.05) is 53.7 Å². The summed E-state index contributed by atoms with van der Waals surface area (Å²) >= 11 is 0. The molecule has 2 aliphatic carbocycles. The number of nitrogens with two attached hydrogens (primary N) is 1. The number of Topliss-reactive ketones (excluding diaryl/α,β-unsaturated/α-hetero) is 1. The second-order valence-corrected chi connectivity index (χ2v) is 13.4.